The molecule has 0 fully saturated rings. The lowest BCUT2D eigenvalue weighted by Crippen LogP contribution is -2.12. The largest absolute Gasteiger partial charge is 0.489 e. The van der Waals surface area contributed by atoms with Crippen LogP contribution in [-0.2, 0) is 18.1 Å². The third-order valence-corrected chi connectivity index (χ3v) is 4.07. The summed E-state index contributed by atoms with van der Waals surface area (Å²) >= 11 is 0. The number of benzene rings is 2. The maximum atomic E-state index is 12.5. The average Bonchev–Trinajstić information content (AvgIpc) is 3.08. The number of carbonyl (C=O) groups excluding carboxylic acids is 1. The number of aryl methyl sites for hydroxylation is 2. The van der Waals surface area contributed by atoms with Crippen molar-refractivity contribution in [3.05, 3.63) is 77.1 Å². The van der Waals surface area contributed by atoms with Gasteiger partial charge < -0.3 is 14.8 Å². The lowest BCUT2D eigenvalue weighted by Gasteiger charge is -2.11. The second-order valence-electron chi connectivity index (χ2n) is 6.40. The van der Waals surface area contributed by atoms with Gasteiger partial charge in [-0.15, -0.1) is 0 Å². The fourth-order valence-corrected chi connectivity index (χ4v) is 2.76. The van der Waals surface area contributed by atoms with E-state index >= 15 is 0 Å². The van der Waals surface area contributed by atoms with E-state index in [9.17, 15) is 4.79 Å². The number of carbonyl (C=O) groups is 1. The molecule has 0 radical (unpaired) electrons. The molecule has 0 saturated heterocycles. The summed E-state index contributed by atoms with van der Waals surface area (Å²) in [6.45, 7) is 4.81. The molecule has 140 valence electrons. The molecule has 6 nitrogen and oxygen atoms in total. The molecular weight excluding hydrogens is 342 g/mol. The first kappa shape index (κ1) is 18.7. The van der Waals surface area contributed by atoms with E-state index in [-0.39, 0.29) is 5.91 Å². The highest BCUT2D eigenvalue weighted by molar-refractivity contribution is 6.04. The third-order valence-electron chi connectivity index (χ3n) is 4.07. The first-order valence-electron chi connectivity index (χ1n) is 8.67. The van der Waals surface area contributed by atoms with Crippen molar-refractivity contribution in [2.45, 2.75) is 27.2 Å². The Morgan fingerprint density at radius 2 is 2.04 bits per heavy atom. The molecule has 2 aromatic carbocycles. The summed E-state index contributed by atoms with van der Waals surface area (Å²) < 4.78 is 12.5. The molecule has 0 aliphatic rings. The molecule has 1 aromatic heterocycles. The van der Waals surface area contributed by atoms with Gasteiger partial charge in [0.1, 0.15) is 19.1 Å². The van der Waals surface area contributed by atoms with Crippen LogP contribution in [0.25, 0.3) is 0 Å². The maximum Gasteiger partial charge on any atom is 0.255 e. The summed E-state index contributed by atoms with van der Waals surface area (Å²) in [5, 5.41) is 6.94. The van der Waals surface area contributed by atoms with Gasteiger partial charge in [0.15, 0.2) is 0 Å². The van der Waals surface area contributed by atoms with Crippen molar-refractivity contribution in [3.63, 3.8) is 0 Å². The maximum absolute atomic E-state index is 12.5. The van der Waals surface area contributed by atoms with Crippen molar-refractivity contribution < 1.29 is 14.3 Å². The number of methoxy groups -OCH3 is 1. The zero-order valence-electron chi connectivity index (χ0n) is 15.7. The standard InChI is InChI=1S/C21H23N3O3/c1-15-7-8-20(16(2)9-15)27-13-17-5-4-6-18(10-17)21(25)23-19-11-22-24(12-19)14-26-3/h4-12H,13-14H2,1-3H3,(H,23,25). The van der Waals surface area contributed by atoms with Gasteiger partial charge in [0, 0.05) is 12.7 Å². The zero-order valence-corrected chi connectivity index (χ0v) is 15.7. The van der Waals surface area contributed by atoms with Crippen molar-refractivity contribution in [2.24, 2.45) is 0 Å². The normalized spacial score (nSPS) is 10.6. The molecule has 27 heavy (non-hydrogen) atoms. The Morgan fingerprint density at radius 1 is 1.19 bits per heavy atom. The quantitative estimate of drug-likeness (QED) is 0.689. The molecule has 0 aliphatic carbocycles. The van der Waals surface area contributed by atoms with E-state index in [1.165, 1.54) is 5.56 Å². The summed E-state index contributed by atoms with van der Waals surface area (Å²) in [4.78, 5) is 12.5. The molecular formula is C21H23N3O3. The number of nitrogens with one attached hydrogen (secondary N) is 1. The zero-order chi connectivity index (χ0) is 19.2. The molecule has 1 amide bonds. The van der Waals surface area contributed by atoms with Gasteiger partial charge in [0.2, 0.25) is 0 Å². The van der Waals surface area contributed by atoms with Crippen LogP contribution in [0.3, 0.4) is 0 Å². The van der Waals surface area contributed by atoms with Crippen LogP contribution in [0.1, 0.15) is 27.0 Å². The number of hydrogen-bond acceptors (Lipinski definition) is 4. The van der Waals surface area contributed by atoms with E-state index in [1.807, 2.05) is 37.3 Å². The molecule has 0 saturated carbocycles. The fraction of sp³-hybridized carbons (Fsp3) is 0.238. The number of hydrogen-bond donors (Lipinski definition) is 1. The lowest BCUT2D eigenvalue weighted by molar-refractivity contribution is 0.102. The Morgan fingerprint density at radius 3 is 2.81 bits per heavy atom. The summed E-state index contributed by atoms with van der Waals surface area (Å²) in [7, 11) is 1.59. The number of anilines is 1. The van der Waals surface area contributed by atoms with E-state index in [4.69, 9.17) is 9.47 Å². The van der Waals surface area contributed by atoms with Gasteiger partial charge in [0.25, 0.3) is 5.91 Å². The molecule has 1 heterocycles. The molecule has 0 spiro atoms. The van der Waals surface area contributed by atoms with Crippen LogP contribution in [0.2, 0.25) is 0 Å². The Hall–Kier alpha value is -3.12. The minimum absolute atomic E-state index is 0.194. The molecule has 0 atom stereocenters. The minimum Gasteiger partial charge on any atom is -0.489 e. The van der Waals surface area contributed by atoms with Crippen LogP contribution in [0.5, 0.6) is 5.75 Å². The minimum atomic E-state index is -0.194. The van der Waals surface area contributed by atoms with Crippen LogP contribution in [-0.4, -0.2) is 22.8 Å². The van der Waals surface area contributed by atoms with Crippen LogP contribution in [0.4, 0.5) is 5.69 Å². The molecule has 1 N–H and O–H groups in total. The molecule has 3 aromatic rings. The Bertz CT molecular complexity index is 934. The van der Waals surface area contributed by atoms with Gasteiger partial charge in [-0.3, -0.25) is 4.79 Å². The van der Waals surface area contributed by atoms with E-state index in [2.05, 4.69) is 23.4 Å². The first-order chi connectivity index (χ1) is 13.0. The Kier molecular flexibility index (Phi) is 5.88. The summed E-state index contributed by atoms with van der Waals surface area (Å²) in [6, 6.07) is 13.5. The Balaban J connectivity index is 1.64. The molecule has 0 aliphatic heterocycles. The highest BCUT2D eigenvalue weighted by atomic mass is 16.5. The molecule has 0 unspecified atom stereocenters. The van der Waals surface area contributed by atoms with Crippen molar-refractivity contribution in [3.8, 4) is 5.75 Å². The van der Waals surface area contributed by atoms with Gasteiger partial charge in [-0.2, -0.15) is 5.10 Å². The van der Waals surface area contributed by atoms with Crippen molar-refractivity contribution >= 4 is 11.6 Å². The van der Waals surface area contributed by atoms with E-state index in [1.54, 1.807) is 30.3 Å². The van der Waals surface area contributed by atoms with E-state index < -0.39 is 0 Å². The smallest absolute Gasteiger partial charge is 0.255 e. The topological polar surface area (TPSA) is 65.4 Å². The highest BCUT2D eigenvalue weighted by Crippen LogP contribution is 2.20. The van der Waals surface area contributed by atoms with Crippen LogP contribution in [0, 0.1) is 13.8 Å². The lowest BCUT2D eigenvalue weighted by atomic mass is 10.1. The van der Waals surface area contributed by atoms with E-state index in [0.29, 0.717) is 24.6 Å². The summed E-state index contributed by atoms with van der Waals surface area (Å²) in [6.07, 6.45) is 3.30. The monoisotopic (exact) mass is 365 g/mol. The highest BCUT2D eigenvalue weighted by Gasteiger charge is 2.09. The van der Waals surface area contributed by atoms with Gasteiger partial charge in [-0.25, -0.2) is 4.68 Å². The summed E-state index contributed by atoms with van der Waals surface area (Å²) in [5.41, 5.74) is 4.41. The second-order valence-corrected chi connectivity index (χ2v) is 6.40. The number of aromatic nitrogens is 2. The Labute approximate surface area is 158 Å². The third kappa shape index (κ3) is 4.95. The number of amides is 1. The molecule has 6 heteroatoms. The van der Waals surface area contributed by atoms with Gasteiger partial charge in [-0.1, -0.05) is 29.8 Å². The van der Waals surface area contributed by atoms with E-state index in [0.717, 1.165) is 16.9 Å². The van der Waals surface area contributed by atoms with Crippen molar-refractivity contribution in [2.75, 3.05) is 12.4 Å². The fourth-order valence-electron chi connectivity index (χ4n) is 2.76. The number of ether oxygens (including phenoxy) is 2. The SMILES string of the molecule is COCn1cc(NC(=O)c2cccc(COc3ccc(C)cc3C)c2)cn1. The number of nitrogens with zero attached hydrogens (tertiary/aromatic N) is 2. The average molecular weight is 365 g/mol. The molecule has 0 bridgehead atoms. The van der Waals surface area contributed by atoms with Gasteiger partial charge in [-0.05, 0) is 43.2 Å². The van der Waals surface area contributed by atoms with Crippen LogP contribution < -0.4 is 10.1 Å². The predicted molar refractivity (Wildman–Crippen MR) is 104 cm³/mol. The van der Waals surface area contributed by atoms with Crippen molar-refractivity contribution in [1.29, 1.82) is 0 Å². The van der Waals surface area contributed by atoms with Crippen LogP contribution in [0.15, 0.2) is 54.9 Å². The van der Waals surface area contributed by atoms with Crippen LogP contribution >= 0.6 is 0 Å². The first-order valence-corrected chi connectivity index (χ1v) is 8.67. The summed E-state index contributed by atoms with van der Waals surface area (Å²) in [5.74, 6) is 0.654. The second kappa shape index (κ2) is 8.51. The van der Waals surface area contributed by atoms with Gasteiger partial charge in [0.05, 0.1) is 18.1 Å². The number of rotatable bonds is 7. The predicted octanol–water partition coefficient (Wildman–Crippen LogP) is 3.94. The van der Waals surface area contributed by atoms with Crippen molar-refractivity contribution in [1.82, 2.24) is 9.78 Å². The van der Waals surface area contributed by atoms with Gasteiger partial charge >= 0.3 is 0 Å². The molecule has 3 rings (SSSR count).